The fourth-order valence-electron chi connectivity index (χ4n) is 1.37. The molecule has 8 heteroatoms. The number of hydrogen-bond acceptors (Lipinski definition) is 5. The molecule has 0 aromatic heterocycles. The summed E-state index contributed by atoms with van der Waals surface area (Å²) in [4.78, 5) is 18.2. The van der Waals surface area contributed by atoms with Crippen molar-refractivity contribution in [2.75, 3.05) is 26.4 Å². The second kappa shape index (κ2) is 14.0. The van der Waals surface area contributed by atoms with E-state index in [9.17, 15) is 0 Å². The topological polar surface area (TPSA) is 105 Å². The minimum atomic E-state index is -1.82. The first-order valence-corrected chi connectivity index (χ1v) is 8.60. The molecule has 1 rings (SSSR count). The summed E-state index contributed by atoms with van der Waals surface area (Å²) >= 11 is 2.28. The Balaban J connectivity index is 0.000000754. The van der Waals surface area contributed by atoms with E-state index in [-0.39, 0.29) is 0 Å². The summed E-state index contributed by atoms with van der Waals surface area (Å²) in [6, 6.07) is 8.59. The largest absolute Gasteiger partial charge is 0.491 e. The second-order valence-electron chi connectivity index (χ2n) is 4.79. The number of halogens is 1. The van der Waals surface area contributed by atoms with E-state index in [1.54, 1.807) is 0 Å². The van der Waals surface area contributed by atoms with Crippen LogP contribution < -0.4 is 10.1 Å². The molecule has 0 spiro atoms. The van der Waals surface area contributed by atoms with E-state index in [0.717, 1.165) is 25.3 Å². The molecule has 0 bridgehead atoms. The first-order chi connectivity index (χ1) is 11.4. The highest BCUT2D eigenvalue weighted by molar-refractivity contribution is 14.1. The SMILES string of the molecule is CCC(C)NCCOCCOc1ccc(I)cc1.O=C(O)C(=O)O. The van der Waals surface area contributed by atoms with Crippen LogP contribution in [0, 0.1) is 3.57 Å². The molecule has 0 aliphatic carbocycles. The summed E-state index contributed by atoms with van der Waals surface area (Å²) in [5.41, 5.74) is 0. The van der Waals surface area contributed by atoms with Crippen LogP contribution in [-0.2, 0) is 14.3 Å². The fraction of sp³-hybridized carbons (Fsp3) is 0.500. The van der Waals surface area contributed by atoms with Crippen molar-refractivity contribution in [2.24, 2.45) is 0 Å². The maximum absolute atomic E-state index is 9.10. The molecule has 0 heterocycles. The van der Waals surface area contributed by atoms with Gasteiger partial charge in [0.2, 0.25) is 0 Å². The number of aliphatic carboxylic acids is 2. The molecule has 0 amide bonds. The van der Waals surface area contributed by atoms with Gasteiger partial charge in [0.25, 0.3) is 0 Å². The van der Waals surface area contributed by atoms with Crippen LogP contribution in [0.2, 0.25) is 0 Å². The Morgan fingerprint density at radius 1 is 1.12 bits per heavy atom. The Hall–Kier alpha value is -1.39. The zero-order valence-electron chi connectivity index (χ0n) is 13.8. The number of hydrogen-bond donors (Lipinski definition) is 3. The third-order valence-corrected chi connectivity index (χ3v) is 3.56. The normalized spacial score (nSPS) is 11.1. The maximum atomic E-state index is 9.10. The summed E-state index contributed by atoms with van der Waals surface area (Å²) in [6.45, 7) is 7.23. The molecule has 0 saturated heterocycles. The number of carbonyl (C=O) groups is 2. The molecule has 136 valence electrons. The van der Waals surface area contributed by atoms with Crippen LogP contribution in [0.3, 0.4) is 0 Å². The smallest absolute Gasteiger partial charge is 0.414 e. The van der Waals surface area contributed by atoms with Crippen LogP contribution >= 0.6 is 22.6 Å². The first-order valence-electron chi connectivity index (χ1n) is 7.52. The summed E-state index contributed by atoms with van der Waals surface area (Å²) < 4.78 is 12.3. The molecular weight excluding hydrogens is 429 g/mol. The van der Waals surface area contributed by atoms with Crippen molar-refractivity contribution in [3.05, 3.63) is 27.8 Å². The van der Waals surface area contributed by atoms with Gasteiger partial charge in [-0.1, -0.05) is 6.92 Å². The number of rotatable bonds is 9. The third-order valence-electron chi connectivity index (χ3n) is 2.84. The van der Waals surface area contributed by atoms with Crippen LogP contribution in [0.25, 0.3) is 0 Å². The molecule has 1 unspecified atom stereocenters. The standard InChI is InChI=1S/C14H22INO2.C2H2O4/c1-3-12(2)16-8-9-17-10-11-18-14-6-4-13(15)5-7-14;3-1(4)2(5)6/h4-7,12,16H,3,8-11H2,1-2H3;(H,3,4)(H,5,6). The molecule has 0 saturated carbocycles. The van der Waals surface area contributed by atoms with Gasteiger partial charge in [0, 0.05) is 16.2 Å². The zero-order chi connectivity index (χ0) is 18.4. The second-order valence-corrected chi connectivity index (χ2v) is 6.03. The van der Waals surface area contributed by atoms with Gasteiger partial charge in [-0.15, -0.1) is 0 Å². The van der Waals surface area contributed by atoms with Crippen LogP contribution in [0.15, 0.2) is 24.3 Å². The molecule has 24 heavy (non-hydrogen) atoms. The summed E-state index contributed by atoms with van der Waals surface area (Å²) in [5, 5.41) is 18.2. The van der Waals surface area contributed by atoms with Crippen molar-refractivity contribution in [1.29, 1.82) is 0 Å². The van der Waals surface area contributed by atoms with Crippen LogP contribution in [0.1, 0.15) is 20.3 Å². The lowest BCUT2D eigenvalue weighted by molar-refractivity contribution is -0.159. The number of ether oxygens (including phenoxy) is 2. The number of carboxylic acid groups (broad SMARTS) is 2. The van der Waals surface area contributed by atoms with Gasteiger partial charge in [-0.05, 0) is 60.2 Å². The van der Waals surface area contributed by atoms with Gasteiger partial charge in [0.1, 0.15) is 12.4 Å². The summed E-state index contributed by atoms with van der Waals surface area (Å²) in [7, 11) is 0. The van der Waals surface area contributed by atoms with E-state index >= 15 is 0 Å². The minimum Gasteiger partial charge on any atom is -0.491 e. The Morgan fingerprint density at radius 3 is 2.21 bits per heavy atom. The van der Waals surface area contributed by atoms with Crippen molar-refractivity contribution in [3.63, 3.8) is 0 Å². The van der Waals surface area contributed by atoms with Gasteiger partial charge in [0.05, 0.1) is 13.2 Å². The highest BCUT2D eigenvalue weighted by Gasteiger charge is 2.04. The number of nitrogens with one attached hydrogen (secondary N) is 1. The highest BCUT2D eigenvalue weighted by atomic mass is 127. The molecule has 0 fully saturated rings. The van der Waals surface area contributed by atoms with Crippen LogP contribution in [0.4, 0.5) is 0 Å². The lowest BCUT2D eigenvalue weighted by Gasteiger charge is -2.11. The van der Waals surface area contributed by atoms with E-state index < -0.39 is 11.9 Å². The average molecular weight is 453 g/mol. The minimum absolute atomic E-state index is 0.566. The molecule has 1 atom stereocenters. The Morgan fingerprint density at radius 2 is 1.71 bits per heavy atom. The summed E-state index contributed by atoms with van der Waals surface area (Å²) in [6.07, 6.45) is 1.15. The van der Waals surface area contributed by atoms with Crippen LogP contribution in [-0.4, -0.2) is 54.6 Å². The average Bonchev–Trinajstić information content (AvgIpc) is 2.55. The Kier molecular flexibility index (Phi) is 13.2. The number of carboxylic acids is 2. The molecule has 7 nitrogen and oxygen atoms in total. The lowest BCUT2D eigenvalue weighted by atomic mass is 10.3. The molecular formula is C16H24INO6. The molecule has 1 aromatic carbocycles. The first kappa shape index (κ1) is 22.6. The summed E-state index contributed by atoms with van der Waals surface area (Å²) in [5.74, 6) is -2.75. The van der Waals surface area contributed by atoms with E-state index in [0.29, 0.717) is 19.3 Å². The van der Waals surface area contributed by atoms with Crippen molar-refractivity contribution < 1.29 is 29.3 Å². The molecule has 0 radical (unpaired) electrons. The van der Waals surface area contributed by atoms with Crippen molar-refractivity contribution in [2.45, 2.75) is 26.3 Å². The van der Waals surface area contributed by atoms with Gasteiger partial charge in [0.15, 0.2) is 0 Å². The van der Waals surface area contributed by atoms with Gasteiger partial charge in [-0.25, -0.2) is 9.59 Å². The number of benzene rings is 1. The Bertz CT molecular complexity index is 468. The predicted octanol–water partition coefficient (Wildman–Crippen LogP) is 2.23. The van der Waals surface area contributed by atoms with Gasteiger partial charge in [-0.3, -0.25) is 0 Å². The lowest BCUT2D eigenvalue weighted by Crippen LogP contribution is -2.29. The Labute approximate surface area is 155 Å². The van der Waals surface area contributed by atoms with Crippen molar-refractivity contribution >= 4 is 34.5 Å². The zero-order valence-corrected chi connectivity index (χ0v) is 16.0. The van der Waals surface area contributed by atoms with E-state index in [1.807, 2.05) is 24.3 Å². The van der Waals surface area contributed by atoms with Gasteiger partial charge < -0.3 is 25.0 Å². The maximum Gasteiger partial charge on any atom is 0.414 e. The monoisotopic (exact) mass is 453 g/mol. The highest BCUT2D eigenvalue weighted by Crippen LogP contribution is 2.13. The molecule has 0 aliphatic heterocycles. The van der Waals surface area contributed by atoms with Crippen molar-refractivity contribution in [1.82, 2.24) is 5.32 Å². The quantitative estimate of drug-likeness (QED) is 0.299. The van der Waals surface area contributed by atoms with Crippen molar-refractivity contribution in [3.8, 4) is 5.75 Å². The van der Waals surface area contributed by atoms with E-state index in [1.165, 1.54) is 3.57 Å². The fourth-order valence-corrected chi connectivity index (χ4v) is 1.73. The molecule has 1 aromatic rings. The van der Waals surface area contributed by atoms with Crippen LogP contribution in [0.5, 0.6) is 5.75 Å². The third kappa shape index (κ3) is 13.1. The van der Waals surface area contributed by atoms with Gasteiger partial charge in [-0.2, -0.15) is 0 Å². The van der Waals surface area contributed by atoms with E-state index in [2.05, 4.69) is 41.8 Å². The predicted molar refractivity (Wildman–Crippen MR) is 98.5 cm³/mol. The van der Waals surface area contributed by atoms with Gasteiger partial charge >= 0.3 is 11.9 Å². The van der Waals surface area contributed by atoms with E-state index in [4.69, 9.17) is 29.3 Å². The molecule has 3 N–H and O–H groups in total. The molecule has 0 aliphatic rings.